The van der Waals surface area contributed by atoms with Crippen LogP contribution in [-0.2, 0) is 0 Å². The average Bonchev–Trinajstić information content (AvgIpc) is 2.76. The number of rotatable bonds is 3. The molecular weight excluding hydrogens is 460 g/mol. The van der Waals surface area contributed by atoms with Gasteiger partial charge in [0, 0.05) is 5.56 Å². The van der Waals surface area contributed by atoms with Crippen molar-refractivity contribution in [3.05, 3.63) is 69.7 Å². The quantitative estimate of drug-likeness (QED) is 0.330. The third-order valence-corrected chi connectivity index (χ3v) is 5.22. The van der Waals surface area contributed by atoms with Crippen molar-refractivity contribution in [2.45, 2.75) is 6.04 Å². The van der Waals surface area contributed by atoms with Gasteiger partial charge in [-0.3, -0.25) is 5.32 Å². The van der Waals surface area contributed by atoms with E-state index in [9.17, 15) is 5.26 Å². The lowest BCUT2D eigenvalue weighted by Gasteiger charge is -2.26. The first-order valence-electron chi connectivity index (χ1n) is 9.03. The van der Waals surface area contributed by atoms with E-state index in [2.05, 4.69) is 36.5 Å². The monoisotopic (exact) mass is 474 g/mol. The predicted octanol–water partition coefficient (Wildman–Crippen LogP) is 3.61. The second kappa shape index (κ2) is 8.22. The Morgan fingerprint density at radius 3 is 2.58 bits per heavy atom. The molecule has 152 valence electrons. The number of anilines is 3. The summed E-state index contributed by atoms with van der Waals surface area (Å²) in [5, 5.41) is 23.8. The number of aromatic nitrogens is 1. The fourth-order valence-electron chi connectivity index (χ4n) is 3.21. The zero-order valence-electron chi connectivity index (χ0n) is 15.9. The Labute approximate surface area is 186 Å². The van der Waals surface area contributed by atoms with E-state index in [1.807, 2.05) is 54.7 Å². The molecule has 0 fully saturated rings. The highest BCUT2D eigenvalue weighted by atomic mass is 79.9. The molecule has 4 rings (SSSR count). The van der Waals surface area contributed by atoms with Crippen molar-refractivity contribution in [1.29, 1.82) is 10.5 Å². The van der Waals surface area contributed by atoms with Gasteiger partial charge in [0.25, 0.3) is 0 Å². The van der Waals surface area contributed by atoms with Gasteiger partial charge in [-0.2, -0.15) is 10.5 Å². The van der Waals surface area contributed by atoms with Gasteiger partial charge in [0.15, 0.2) is 6.19 Å². The summed E-state index contributed by atoms with van der Waals surface area (Å²) in [6, 6.07) is 16.2. The Bertz CT molecular complexity index is 1280. The van der Waals surface area contributed by atoms with Crippen molar-refractivity contribution in [2.24, 2.45) is 4.99 Å². The van der Waals surface area contributed by atoms with Crippen LogP contribution in [0.4, 0.5) is 17.3 Å². The number of nitrogens with zero attached hydrogens (tertiary/aromatic N) is 4. The first-order chi connectivity index (χ1) is 15.0. The Morgan fingerprint density at radius 2 is 1.90 bits per heavy atom. The van der Waals surface area contributed by atoms with E-state index < -0.39 is 6.04 Å². The number of guanidine groups is 1. The van der Waals surface area contributed by atoms with Crippen LogP contribution in [0.15, 0.2) is 58.0 Å². The highest BCUT2D eigenvalue weighted by molar-refractivity contribution is 9.10. The van der Waals surface area contributed by atoms with Gasteiger partial charge in [-0.05, 0) is 45.8 Å². The topological polar surface area (TPSA) is 158 Å². The number of fused-ring (bicyclic) bond motifs is 1. The Morgan fingerprint density at radius 1 is 1.13 bits per heavy atom. The zero-order valence-corrected chi connectivity index (χ0v) is 17.5. The fraction of sp³-hybridized carbons (Fsp3) is 0.0476. The summed E-state index contributed by atoms with van der Waals surface area (Å²) in [6.45, 7) is 0. The molecule has 1 unspecified atom stereocenters. The van der Waals surface area contributed by atoms with Crippen LogP contribution >= 0.6 is 15.9 Å². The molecule has 10 heteroatoms. The second-order valence-electron chi connectivity index (χ2n) is 6.51. The van der Waals surface area contributed by atoms with Gasteiger partial charge in [0.05, 0.1) is 10.2 Å². The van der Waals surface area contributed by atoms with Crippen LogP contribution in [0.25, 0.3) is 0 Å². The maximum atomic E-state index is 9.43. The number of aliphatic imine (C=N–C) groups is 1. The van der Waals surface area contributed by atoms with Crippen LogP contribution in [-0.4, -0.2) is 10.9 Å². The van der Waals surface area contributed by atoms with Crippen molar-refractivity contribution in [3.63, 3.8) is 0 Å². The number of pyridine rings is 1. The third-order valence-electron chi connectivity index (χ3n) is 4.60. The Hall–Kier alpha value is -4.28. The molecule has 0 radical (unpaired) electrons. The minimum atomic E-state index is -0.630. The minimum absolute atomic E-state index is 0.00371. The van der Waals surface area contributed by atoms with Crippen molar-refractivity contribution < 1.29 is 4.74 Å². The van der Waals surface area contributed by atoms with Crippen LogP contribution in [0.3, 0.4) is 0 Å². The van der Waals surface area contributed by atoms with Gasteiger partial charge in [-0.25, -0.2) is 9.98 Å². The normalized spacial score (nSPS) is 14.3. The molecule has 1 aliphatic rings. The smallest absolute Gasteiger partial charge is 0.211 e. The molecule has 0 bridgehead atoms. The van der Waals surface area contributed by atoms with E-state index in [1.165, 1.54) is 0 Å². The molecule has 1 aromatic heterocycles. The number of nitrogens with two attached hydrogens (primary N) is 2. The molecule has 0 saturated carbocycles. The fourth-order valence-corrected chi connectivity index (χ4v) is 3.68. The lowest BCUT2D eigenvalue weighted by molar-refractivity contribution is 0.479. The first-order valence-corrected chi connectivity index (χ1v) is 9.82. The standard InChI is InChI=1S/C21H15BrN8O/c22-14-8-11(6-7-15(14)31-12-4-2-1-3-5-12)18-16-17(25)13(9-23)19(26)29-20(16)30-21(28-18)27-10-24/h1-8,18H,(H6,25,26,27,28,29,30). The Kier molecular flexibility index (Phi) is 5.31. The molecule has 0 amide bonds. The maximum Gasteiger partial charge on any atom is 0.211 e. The van der Waals surface area contributed by atoms with E-state index in [4.69, 9.17) is 21.5 Å². The molecular formula is C21H15BrN8O. The second-order valence-corrected chi connectivity index (χ2v) is 7.36. The number of nitriles is 2. The molecule has 9 nitrogen and oxygen atoms in total. The zero-order chi connectivity index (χ0) is 22.0. The minimum Gasteiger partial charge on any atom is -0.456 e. The van der Waals surface area contributed by atoms with E-state index in [0.29, 0.717) is 27.4 Å². The van der Waals surface area contributed by atoms with E-state index in [-0.39, 0.29) is 23.0 Å². The molecule has 0 spiro atoms. The molecule has 0 saturated heterocycles. The SMILES string of the molecule is N#CNC1=NC(c2ccc(Oc3ccccc3)c(Br)c2)c2c(nc(N)c(C#N)c2N)N1. The third kappa shape index (κ3) is 3.80. The number of para-hydroxylation sites is 1. The van der Waals surface area contributed by atoms with Crippen LogP contribution in [0.1, 0.15) is 22.7 Å². The number of hydrogen-bond donors (Lipinski definition) is 4. The maximum absolute atomic E-state index is 9.43. The molecule has 31 heavy (non-hydrogen) atoms. The van der Waals surface area contributed by atoms with E-state index >= 15 is 0 Å². The summed E-state index contributed by atoms with van der Waals surface area (Å²) in [7, 11) is 0. The van der Waals surface area contributed by atoms with Crippen LogP contribution in [0.2, 0.25) is 0 Å². The number of nitrogens with one attached hydrogen (secondary N) is 2. The highest BCUT2D eigenvalue weighted by Crippen LogP contribution is 2.42. The molecule has 1 aliphatic heterocycles. The number of nitrogen functional groups attached to an aromatic ring is 2. The molecule has 0 aliphatic carbocycles. The molecule has 3 aromatic rings. The van der Waals surface area contributed by atoms with Crippen molar-refractivity contribution in [3.8, 4) is 23.8 Å². The number of hydrogen-bond acceptors (Lipinski definition) is 9. The summed E-state index contributed by atoms with van der Waals surface area (Å²) < 4.78 is 6.61. The van der Waals surface area contributed by atoms with E-state index in [1.54, 1.807) is 6.07 Å². The van der Waals surface area contributed by atoms with Crippen LogP contribution in [0.5, 0.6) is 11.5 Å². The molecule has 6 N–H and O–H groups in total. The number of ether oxygens (including phenoxy) is 1. The Balaban J connectivity index is 1.79. The van der Waals surface area contributed by atoms with Crippen LogP contribution in [0, 0.1) is 22.8 Å². The van der Waals surface area contributed by atoms with Gasteiger partial charge in [-0.15, -0.1) is 0 Å². The summed E-state index contributed by atoms with van der Waals surface area (Å²) in [6.07, 6.45) is 1.82. The summed E-state index contributed by atoms with van der Waals surface area (Å²) in [4.78, 5) is 8.79. The van der Waals surface area contributed by atoms with Gasteiger partial charge < -0.3 is 21.5 Å². The van der Waals surface area contributed by atoms with Gasteiger partial charge >= 0.3 is 0 Å². The summed E-state index contributed by atoms with van der Waals surface area (Å²) in [5.74, 6) is 1.83. The molecule has 1 atom stereocenters. The first kappa shape index (κ1) is 20.0. The summed E-state index contributed by atoms with van der Waals surface area (Å²) in [5.41, 5.74) is 13.6. The number of halogens is 1. The van der Waals surface area contributed by atoms with Gasteiger partial charge in [0.1, 0.15) is 40.8 Å². The van der Waals surface area contributed by atoms with Crippen molar-refractivity contribution in [2.75, 3.05) is 16.8 Å². The van der Waals surface area contributed by atoms with Gasteiger partial charge in [0.2, 0.25) is 5.96 Å². The molecule has 2 aromatic carbocycles. The average molecular weight is 475 g/mol. The number of benzene rings is 2. The highest BCUT2D eigenvalue weighted by Gasteiger charge is 2.30. The van der Waals surface area contributed by atoms with Gasteiger partial charge in [-0.1, -0.05) is 24.3 Å². The van der Waals surface area contributed by atoms with E-state index in [0.717, 1.165) is 5.56 Å². The molecule has 2 heterocycles. The lowest BCUT2D eigenvalue weighted by Crippen LogP contribution is -2.32. The van der Waals surface area contributed by atoms with Crippen LogP contribution < -0.4 is 26.8 Å². The predicted molar refractivity (Wildman–Crippen MR) is 120 cm³/mol. The largest absolute Gasteiger partial charge is 0.456 e. The lowest BCUT2D eigenvalue weighted by atomic mass is 9.95. The van der Waals surface area contributed by atoms with Crippen molar-refractivity contribution in [1.82, 2.24) is 10.3 Å². The van der Waals surface area contributed by atoms with Crippen molar-refractivity contribution >= 4 is 39.2 Å². The summed E-state index contributed by atoms with van der Waals surface area (Å²) >= 11 is 3.54.